The molecule has 3 aromatic carbocycles. The maximum atomic E-state index is 13.2. The lowest BCUT2D eigenvalue weighted by Crippen LogP contribution is -2.32. The van der Waals surface area contributed by atoms with Crippen LogP contribution in [0.5, 0.6) is 0 Å². The summed E-state index contributed by atoms with van der Waals surface area (Å²) < 4.78 is 32.4. The van der Waals surface area contributed by atoms with E-state index < -0.39 is 16.0 Å². The number of benzene rings is 3. The molecule has 0 atom stereocenters. The number of anilines is 1. The van der Waals surface area contributed by atoms with E-state index in [2.05, 4.69) is 4.72 Å². The van der Waals surface area contributed by atoms with Crippen LogP contribution in [0.2, 0.25) is 0 Å². The van der Waals surface area contributed by atoms with Gasteiger partial charge >= 0.3 is 5.97 Å². The highest BCUT2D eigenvalue weighted by Gasteiger charge is 2.19. The summed E-state index contributed by atoms with van der Waals surface area (Å²) >= 11 is 0. The number of carbonyl (C=O) groups excluding carboxylic acids is 2. The molecule has 0 aromatic heterocycles. The van der Waals surface area contributed by atoms with Crippen LogP contribution in [0, 0.1) is 0 Å². The number of sulfonamides is 1. The predicted octanol–water partition coefficient (Wildman–Crippen LogP) is 3.69. The van der Waals surface area contributed by atoms with Gasteiger partial charge in [0.15, 0.2) is 0 Å². The topological polar surface area (TPSA) is 92.8 Å². The van der Waals surface area contributed by atoms with Crippen LogP contribution in [0.3, 0.4) is 0 Å². The Morgan fingerprint density at radius 3 is 2.22 bits per heavy atom. The van der Waals surface area contributed by atoms with Crippen molar-refractivity contribution < 1.29 is 22.7 Å². The number of methoxy groups -OCH3 is 1. The average Bonchev–Trinajstić information content (AvgIpc) is 2.82. The number of esters is 1. The van der Waals surface area contributed by atoms with E-state index in [1.807, 2.05) is 30.3 Å². The van der Waals surface area contributed by atoms with Gasteiger partial charge in [-0.15, -0.1) is 0 Å². The Bertz CT molecular complexity index is 1170. The van der Waals surface area contributed by atoms with Crippen LogP contribution in [0.15, 0.2) is 89.8 Å². The third kappa shape index (κ3) is 6.18. The number of carbonyl (C=O) groups is 2. The number of ether oxygens (including phenoxy) is 1. The number of nitrogens with zero attached hydrogens (tertiary/aromatic N) is 1. The van der Waals surface area contributed by atoms with Crippen molar-refractivity contribution in [3.63, 3.8) is 0 Å². The first-order chi connectivity index (χ1) is 15.4. The summed E-state index contributed by atoms with van der Waals surface area (Å²) in [6.45, 7) is 0.469. The van der Waals surface area contributed by atoms with E-state index in [1.165, 1.54) is 30.2 Å². The minimum Gasteiger partial charge on any atom is -0.469 e. The van der Waals surface area contributed by atoms with Crippen LogP contribution in [0.4, 0.5) is 5.69 Å². The second-order valence-electron chi connectivity index (χ2n) is 7.04. The molecule has 7 nitrogen and oxygen atoms in total. The van der Waals surface area contributed by atoms with E-state index in [1.54, 1.807) is 36.4 Å². The summed E-state index contributed by atoms with van der Waals surface area (Å²) in [5, 5.41) is 0. The zero-order valence-electron chi connectivity index (χ0n) is 17.6. The summed E-state index contributed by atoms with van der Waals surface area (Å²) in [7, 11) is -2.49. The third-order valence-corrected chi connectivity index (χ3v) is 6.13. The molecule has 0 aliphatic rings. The molecule has 0 heterocycles. The third-order valence-electron chi connectivity index (χ3n) is 4.73. The van der Waals surface area contributed by atoms with Crippen molar-refractivity contribution in [3.8, 4) is 0 Å². The van der Waals surface area contributed by atoms with Crippen LogP contribution in [-0.2, 0) is 26.1 Å². The molecule has 0 aliphatic carbocycles. The zero-order chi connectivity index (χ0) is 23.0. The van der Waals surface area contributed by atoms with Crippen LogP contribution in [0.1, 0.15) is 22.3 Å². The SMILES string of the molecule is COC(=O)CCN(Cc1ccccc1)C(=O)c1cccc(NS(=O)(=O)c2ccccc2)c1. The Morgan fingerprint density at radius 1 is 0.906 bits per heavy atom. The highest BCUT2D eigenvalue weighted by molar-refractivity contribution is 7.92. The average molecular weight is 453 g/mol. The monoisotopic (exact) mass is 452 g/mol. The van der Waals surface area contributed by atoms with Gasteiger partial charge in [-0.3, -0.25) is 14.3 Å². The van der Waals surface area contributed by atoms with Gasteiger partial charge in [0.25, 0.3) is 15.9 Å². The quantitative estimate of drug-likeness (QED) is 0.500. The number of hydrogen-bond acceptors (Lipinski definition) is 5. The van der Waals surface area contributed by atoms with Crippen LogP contribution >= 0.6 is 0 Å². The van der Waals surface area contributed by atoms with Gasteiger partial charge in [0.2, 0.25) is 0 Å². The molecule has 1 amide bonds. The Morgan fingerprint density at radius 2 is 1.56 bits per heavy atom. The first kappa shape index (κ1) is 23.0. The van der Waals surface area contributed by atoms with Gasteiger partial charge in [0.1, 0.15) is 0 Å². The van der Waals surface area contributed by atoms with E-state index in [4.69, 9.17) is 4.74 Å². The molecule has 0 aliphatic heterocycles. The molecule has 32 heavy (non-hydrogen) atoms. The lowest BCUT2D eigenvalue weighted by Gasteiger charge is -2.23. The van der Waals surface area contributed by atoms with Crippen LogP contribution in [0.25, 0.3) is 0 Å². The molecule has 0 unspecified atom stereocenters. The van der Waals surface area contributed by atoms with Crippen molar-refractivity contribution >= 4 is 27.6 Å². The molecule has 0 saturated carbocycles. The van der Waals surface area contributed by atoms with Crippen molar-refractivity contribution in [3.05, 3.63) is 96.1 Å². The maximum absolute atomic E-state index is 13.2. The van der Waals surface area contributed by atoms with Crippen molar-refractivity contribution in [2.75, 3.05) is 18.4 Å². The maximum Gasteiger partial charge on any atom is 0.307 e. The zero-order valence-corrected chi connectivity index (χ0v) is 18.4. The normalized spacial score (nSPS) is 10.9. The number of rotatable bonds is 9. The summed E-state index contributed by atoms with van der Waals surface area (Å²) in [5.41, 5.74) is 1.48. The Hall–Kier alpha value is -3.65. The van der Waals surface area contributed by atoms with Crippen LogP contribution in [-0.4, -0.2) is 38.8 Å². The fraction of sp³-hybridized carbons (Fsp3) is 0.167. The lowest BCUT2D eigenvalue weighted by molar-refractivity contribution is -0.140. The largest absolute Gasteiger partial charge is 0.469 e. The number of nitrogens with one attached hydrogen (secondary N) is 1. The molecule has 166 valence electrons. The second kappa shape index (κ2) is 10.6. The van der Waals surface area contributed by atoms with Gasteiger partial charge in [0, 0.05) is 24.3 Å². The molecule has 0 bridgehead atoms. The van der Waals surface area contributed by atoms with E-state index in [9.17, 15) is 18.0 Å². The summed E-state index contributed by atoms with van der Waals surface area (Å²) in [6, 6.07) is 23.7. The van der Waals surface area contributed by atoms with Gasteiger partial charge in [-0.2, -0.15) is 0 Å². The highest BCUT2D eigenvalue weighted by atomic mass is 32.2. The van der Waals surface area contributed by atoms with E-state index >= 15 is 0 Å². The fourth-order valence-electron chi connectivity index (χ4n) is 3.10. The number of amides is 1. The van der Waals surface area contributed by atoms with Gasteiger partial charge in [0.05, 0.1) is 18.4 Å². The van der Waals surface area contributed by atoms with E-state index in [-0.39, 0.29) is 29.5 Å². The molecule has 8 heteroatoms. The fourth-order valence-corrected chi connectivity index (χ4v) is 4.17. The standard InChI is InChI=1S/C24H24N2O5S/c1-31-23(27)15-16-26(18-19-9-4-2-5-10-19)24(28)20-11-8-12-21(17-20)25-32(29,30)22-13-6-3-7-14-22/h2-14,17,25H,15-16,18H2,1H3. The molecule has 0 fully saturated rings. The van der Waals surface area contributed by atoms with Crippen molar-refractivity contribution in [1.82, 2.24) is 4.90 Å². The Kier molecular flexibility index (Phi) is 7.62. The smallest absolute Gasteiger partial charge is 0.307 e. The highest BCUT2D eigenvalue weighted by Crippen LogP contribution is 2.19. The summed E-state index contributed by atoms with van der Waals surface area (Å²) in [5.74, 6) is -0.737. The van der Waals surface area contributed by atoms with Crippen molar-refractivity contribution in [1.29, 1.82) is 0 Å². The van der Waals surface area contributed by atoms with Gasteiger partial charge in [-0.1, -0.05) is 54.6 Å². The first-order valence-corrected chi connectivity index (χ1v) is 11.5. The minimum atomic E-state index is -3.79. The molecular weight excluding hydrogens is 428 g/mol. The molecule has 3 aromatic rings. The Balaban J connectivity index is 1.82. The lowest BCUT2D eigenvalue weighted by atomic mass is 10.1. The number of hydrogen-bond donors (Lipinski definition) is 1. The molecule has 0 spiro atoms. The summed E-state index contributed by atoms with van der Waals surface area (Å²) in [6.07, 6.45) is 0.0510. The first-order valence-electron chi connectivity index (χ1n) is 9.97. The summed E-state index contributed by atoms with van der Waals surface area (Å²) in [4.78, 5) is 26.5. The van der Waals surface area contributed by atoms with Crippen molar-refractivity contribution in [2.24, 2.45) is 0 Å². The van der Waals surface area contributed by atoms with Crippen LogP contribution < -0.4 is 4.72 Å². The van der Waals surface area contributed by atoms with Gasteiger partial charge in [-0.05, 0) is 35.9 Å². The Labute approximate surface area is 187 Å². The van der Waals surface area contributed by atoms with Gasteiger partial charge in [-0.25, -0.2) is 8.42 Å². The minimum absolute atomic E-state index is 0.0510. The molecular formula is C24H24N2O5S. The molecule has 0 radical (unpaired) electrons. The van der Waals surface area contributed by atoms with E-state index in [0.29, 0.717) is 12.1 Å². The second-order valence-corrected chi connectivity index (χ2v) is 8.72. The van der Waals surface area contributed by atoms with Gasteiger partial charge < -0.3 is 9.64 Å². The molecule has 0 saturated heterocycles. The van der Waals surface area contributed by atoms with Crippen molar-refractivity contribution in [2.45, 2.75) is 17.9 Å². The molecule has 3 rings (SSSR count). The van der Waals surface area contributed by atoms with E-state index in [0.717, 1.165) is 5.56 Å². The molecule has 1 N–H and O–H groups in total. The predicted molar refractivity (Wildman–Crippen MR) is 122 cm³/mol.